The minimum Gasteiger partial charge on any atom is -0.419 e. The molecule has 1 aromatic heterocycles. The molecule has 3 aromatic rings. The fraction of sp³-hybridized carbons (Fsp3) is 0.105. The van der Waals surface area contributed by atoms with E-state index >= 15 is 0 Å². The van der Waals surface area contributed by atoms with Gasteiger partial charge in [0.1, 0.15) is 6.54 Å². The van der Waals surface area contributed by atoms with Gasteiger partial charge in [0.15, 0.2) is 0 Å². The molecule has 4 rings (SSSR count). The van der Waals surface area contributed by atoms with Crippen LogP contribution in [0.15, 0.2) is 59.0 Å². The van der Waals surface area contributed by atoms with E-state index < -0.39 is 6.03 Å². The highest BCUT2D eigenvalue weighted by molar-refractivity contribution is 6.12. The molecule has 1 fully saturated rings. The van der Waals surface area contributed by atoms with Crippen molar-refractivity contribution in [1.82, 2.24) is 20.8 Å². The van der Waals surface area contributed by atoms with E-state index in [2.05, 4.69) is 20.8 Å². The lowest BCUT2D eigenvalue weighted by Crippen LogP contribution is -2.28. The number of carbonyl (C=O) groups is 3. The summed E-state index contributed by atoms with van der Waals surface area (Å²) in [6, 6.07) is 15.2. The maximum atomic E-state index is 12.3. The lowest BCUT2D eigenvalue weighted by atomic mass is 10.2. The molecule has 0 bridgehead atoms. The molecule has 0 aliphatic carbocycles. The number of amides is 4. The lowest BCUT2D eigenvalue weighted by Gasteiger charge is -2.13. The summed E-state index contributed by atoms with van der Waals surface area (Å²) < 4.78 is 5.54. The van der Waals surface area contributed by atoms with Gasteiger partial charge in [0.05, 0.1) is 6.54 Å². The fourth-order valence-corrected chi connectivity index (χ4v) is 2.72. The number of hydrogen-bond donors (Lipinski definition) is 2. The average Bonchev–Trinajstić information content (AvgIpc) is 3.33. The van der Waals surface area contributed by atoms with Crippen LogP contribution in [0.4, 0.5) is 10.5 Å². The predicted molar refractivity (Wildman–Crippen MR) is 98.2 cm³/mol. The summed E-state index contributed by atoms with van der Waals surface area (Å²) in [6.45, 7) is 0.0503. The van der Waals surface area contributed by atoms with Crippen LogP contribution in [0, 0.1) is 0 Å². The third-order valence-electron chi connectivity index (χ3n) is 4.12. The van der Waals surface area contributed by atoms with Crippen molar-refractivity contribution in [2.45, 2.75) is 6.54 Å². The second-order valence-corrected chi connectivity index (χ2v) is 6.04. The molecule has 0 atom stereocenters. The molecule has 28 heavy (non-hydrogen) atoms. The summed E-state index contributed by atoms with van der Waals surface area (Å²) in [5.74, 6) is -0.0158. The minimum absolute atomic E-state index is 0.0364. The van der Waals surface area contributed by atoms with Crippen molar-refractivity contribution >= 4 is 23.5 Å². The molecule has 2 N–H and O–H groups in total. The normalized spacial score (nSPS) is 13.5. The molecule has 9 nitrogen and oxygen atoms in total. The molecule has 9 heteroatoms. The Bertz CT molecular complexity index is 1030. The zero-order valence-electron chi connectivity index (χ0n) is 14.6. The minimum atomic E-state index is -0.479. The first-order valence-electron chi connectivity index (χ1n) is 8.47. The molecular formula is C19H15N5O4. The quantitative estimate of drug-likeness (QED) is 0.654. The monoisotopic (exact) mass is 377 g/mol. The highest BCUT2D eigenvalue weighted by Gasteiger charge is 2.27. The van der Waals surface area contributed by atoms with E-state index in [-0.39, 0.29) is 30.8 Å². The Morgan fingerprint density at radius 3 is 2.50 bits per heavy atom. The molecule has 0 radical (unpaired) electrons. The smallest absolute Gasteiger partial charge is 0.329 e. The van der Waals surface area contributed by atoms with Crippen LogP contribution in [-0.2, 0) is 11.3 Å². The Balaban J connectivity index is 1.37. The molecule has 2 aromatic carbocycles. The molecule has 2 heterocycles. The van der Waals surface area contributed by atoms with Gasteiger partial charge in [-0.15, -0.1) is 10.2 Å². The summed E-state index contributed by atoms with van der Waals surface area (Å²) in [6.07, 6.45) is 0. The number of carbonyl (C=O) groups excluding carboxylic acids is 3. The van der Waals surface area contributed by atoms with Crippen molar-refractivity contribution in [3.05, 3.63) is 66.1 Å². The molecular weight excluding hydrogens is 362 g/mol. The topological polar surface area (TPSA) is 117 Å². The van der Waals surface area contributed by atoms with Gasteiger partial charge in [-0.1, -0.05) is 18.2 Å². The number of urea groups is 1. The van der Waals surface area contributed by atoms with Gasteiger partial charge >= 0.3 is 6.03 Å². The molecule has 1 aliphatic rings. The highest BCUT2D eigenvalue weighted by atomic mass is 16.4. The van der Waals surface area contributed by atoms with Crippen LogP contribution in [0.2, 0.25) is 0 Å². The SMILES string of the molecule is O=C1CN(c2ccc(C(=O)NCc3nnc(-c4ccccc4)o3)cc2)C(=O)N1. The van der Waals surface area contributed by atoms with Crippen LogP contribution >= 0.6 is 0 Å². The van der Waals surface area contributed by atoms with Crippen molar-refractivity contribution in [1.29, 1.82) is 0 Å². The van der Waals surface area contributed by atoms with Crippen LogP contribution in [0.5, 0.6) is 0 Å². The van der Waals surface area contributed by atoms with Crippen molar-refractivity contribution in [2.75, 3.05) is 11.4 Å². The number of benzene rings is 2. The van der Waals surface area contributed by atoms with Gasteiger partial charge in [0, 0.05) is 16.8 Å². The van der Waals surface area contributed by atoms with Crippen molar-refractivity contribution < 1.29 is 18.8 Å². The van der Waals surface area contributed by atoms with Crippen LogP contribution in [0.25, 0.3) is 11.5 Å². The van der Waals surface area contributed by atoms with E-state index in [4.69, 9.17) is 4.42 Å². The summed E-state index contributed by atoms with van der Waals surface area (Å²) in [5, 5.41) is 12.8. The van der Waals surface area contributed by atoms with E-state index in [1.54, 1.807) is 24.3 Å². The largest absolute Gasteiger partial charge is 0.419 e. The Hall–Kier alpha value is -4.01. The number of anilines is 1. The van der Waals surface area contributed by atoms with Gasteiger partial charge in [-0.05, 0) is 36.4 Å². The first-order chi connectivity index (χ1) is 13.6. The summed E-state index contributed by atoms with van der Waals surface area (Å²) in [7, 11) is 0. The van der Waals surface area contributed by atoms with Crippen LogP contribution in [0.3, 0.4) is 0 Å². The van der Waals surface area contributed by atoms with Crippen molar-refractivity contribution in [3.63, 3.8) is 0 Å². The first-order valence-corrected chi connectivity index (χ1v) is 8.47. The number of imide groups is 1. The number of nitrogens with one attached hydrogen (secondary N) is 2. The summed E-state index contributed by atoms with van der Waals surface area (Å²) >= 11 is 0. The molecule has 0 spiro atoms. The van der Waals surface area contributed by atoms with E-state index in [0.29, 0.717) is 17.1 Å². The average molecular weight is 377 g/mol. The van der Waals surface area contributed by atoms with Crippen molar-refractivity contribution in [2.24, 2.45) is 0 Å². The number of aromatic nitrogens is 2. The van der Waals surface area contributed by atoms with Gasteiger partial charge in [-0.2, -0.15) is 0 Å². The molecule has 1 saturated heterocycles. The number of nitrogens with zero attached hydrogens (tertiary/aromatic N) is 3. The van der Waals surface area contributed by atoms with Crippen LogP contribution < -0.4 is 15.5 Å². The fourth-order valence-electron chi connectivity index (χ4n) is 2.72. The van der Waals surface area contributed by atoms with E-state index in [1.165, 1.54) is 4.90 Å². The van der Waals surface area contributed by atoms with Crippen LogP contribution in [0.1, 0.15) is 16.2 Å². The molecule has 0 unspecified atom stereocenters. The molecule has 0 saturated carbocycles. The molecule has 140 valence electrons. The van der Waals surface area contributed by atoms with E-state index in [9.17, 15) is 14.4 Å². The van der Waals surface area contributed by atoms with Gasteiger partial charge < -0.3 is 9.73 Å². The second kappa shape index (κ2) is 7.31. The second-order valence-electron chi connectivity index (χ2n) is 6.04. The number of rotatable bonds is 5. The molecule has 1 aliphatic heterocycles. The van der Waals surface area contributed by atoms with E-state index in [0.717, 1.165) is 5.56 Å². The lowest BCUT2D eigenvalue weighted by molar-refractivity contribution is -0.117. The Morgan fingerprint density at radius 2 is 1.82 bits per heavy atom. The van der Waals surface area contributed by atoms with Gasteiger partial charge in [0.25, 0.3) is 5.91 Å². The highest BCUT2D eigenvalue weighted by Crippen LogP contribution is 2.18. The maximum absolute atomic E-state index is 12.3. The molecule has 4 amide bonds. The number of hydrogen-bond acceptors (Lipinski definition) is 6. The van der Waals surface area contributed by atoms with Gasteiger partial charge in [0.2, 0.25) is 17.7 Å². The zero-order chi connectivity index (χ0) is 19.5. The van der Waals surface area contributed by atoms with Crippen LogP contribution in [-0.4, -0.2) is 34.6 Å². The van der Waals surface area contributed by atoms with E-state index in [1.807, 2.05) is 30.3 Å². The maximum Gasteiger partial charge on any atom is 0.329 e. The third-order valence-corrected chi connectivity index (χ3v) is 4.12. The zero-order valence-corrected chi connectivity index (χ0v) is 14.6. The Labute approximate surface area is 159 Å². The predicted octanol–water partition coefficient (Wildman–Crippen LogP) is 1.72. The third kappa shape index (κ3) is 3.58. The Morgan fingerprint density at radius 1 is 1.07 bits per heavy atom. The standard InChI is InChI=1S/C19H15N5O4/c25-15-11-24(19(27)21-15)14-8-6-12(7-9-14)17(26)20-10-16-22-23-18(28-16)13-4-2-1-3-5-13/h1-9H,10-11H2,(H,20,26)(H,21,25,27). The van der Waals surface area contributed by atoms with Gasteiger partial charge in [-0.3, -0.25) is 19.8 Å². The van der Waals surface area contributed by atoms with Crippen molar-refractivity contribution in [3.8, 4) is 11.5 Å². The van der Waals surface area contributed by atoms with Gasteiger partial charge in [-0.25, -0.2) is 4.79 Å². The summed E-state index contributed by atoms with van der Waals surface area (Å²) in [5.41, 5.74) is 1.73. The first kappa shape index (κ1) is 17.4. The Kier molecular flexibility index (Phi) is 4.55. The summed E-state index contributed by atoms with van der Waals surface area (Å²) in [4.78, 5) is 36.5.